The number of benzene rings is 3. The highest BCUT2D eigenvalue weighted by Gasteiger charge is 2.69. The van der Waals surface area contributed by atoms with Crippen molar-refractivity contribution in [1.82, 2.24) is 4.98 Å². The maximum Gasteiger partial charge on any atom is 0.305 e. The first-order valence-electron chi connectivity index (χ1n) is 15.3. The van der Waals surface area contributed by atoms with Crippen LogP contribution in [0.5, 0.6) is 5.75 Å². The normalized spacial score (nSPS) is 26.9. The Balaban J connectivity index is 1.05. The van der Waals surface area contributed by atoms with E-state index in [4.69, 9.17) is 4.74 Å². The predicted molar refractivity (Wildman–Crippen MR) is 176 cm³/mol. The predicted octanol–water partition coefficient (Wildman–Crippen LogP) is 5.35. The van der Waals surface area contributed by atoms with E-state index in [-0.39, 0.29) is 63.8 Å². The molecule has 2 N–H and O–H groups in total. The van der Waals surface area contributed by atoms with Crippen LogP contribution < -0.4 is 19.8 Å². The van der Waals surface area contributed by atoms with Gasteiger partial charge in [-0.3, -0.25) is 34.2 Å². The van der Waals surface area contributed by atoms with Gasteiger partial charge in [0, 0.05) is 33.9 Å². The molecule has 0 radical (unpaired) electrons. The first-order chi connectivity index (χ1) is 22.7. The van der Waals surface area contributed by atoms with Crippen LogP contribution in [0.1, 0.15) is 28.3 Å². The summed E-state index contributed by atoms with van der Waals surface area (Å²) in [6.07, 6.45) is 0.746. The highest BCUT2D eigenvalue weighted by atomic mass is 32.2. The Morgan fingerprint density at radius 3 is 2.40 bits per heavy atom. The molecule has 0 spiro atoms. The zero-order chi connectivity index (χ0) is 32.6. The zero-order valence-electron chi connectivity index (χ0n) is 25.0. The molecule has 3 fully saturated rings. The average molecular weight is 669 g/mol. The summed E-state index contributed by atoms with van der Waals surface area (Å²) in [6, 6.07) is 20.6. The van der Waals surface area contributed by atoms with E-state index in [9.17, 15) is 29.3 Å². The minimum atomic E-state index is -0.514. The molecule has 3 amide bonds. The molecule has 4 aromatic rings. The van der Waals surface area contributed by atoms with Crippen molar-refractivity contribution in [1.29, 1.82) is 0 Å². The summed E-state index contributed by atoms with van der Waals surface area (Å²) >= 11 is 2.79. The number of thiazole rings is 1. The van der Waals surface area contributed by atoms with Gasteiger partial charge in [-0.15, -0.1) is 11.8 Å². The Kier molecular flexibility index (Phi) is 7.06. The average Bonchev–Trinajstić information content (AvgIpc) is 3.80. The van der Waals surface area contributed by atoms with Crippen LogP contribution in [0.4, 0.5) is 17.1 Å². The topological polar surface area (TPSA) is 152 Å². The summed E-state index contributed by atoms with van der Waals surface area (Å²) < 4.78 is 5.79. The number of H-pyrrole nitrogens is 1. The molecule has 2 aliphatic carbocycles. The summed E-state index contributed by atoms with van der Waals surface area (Å²) in [6.45, 7) is 1.76. The Bertz CT molecular complexity index is 2010. The van der Waals surface area contributed by atoms with E-state index < -0.39 is 16.8 Å². The fraction of sp³-hybridized carbons (Fsp3) is 0.294. The van der Waals surface area contributed by atoms with Gasteiger partial charge < -0.3 is 15.0 Å². The Hall–Kier alpha value is -4.75. The molecule has 2 saturated carbocycles. The molecule has 4 aliphatic rings. The van der Waals surface area contributed by atoms with Gasteiger partial charge in [-0.2, -0.15) is 0 Å². The van der Waals surface area contributed by atoms with Crippen LogP contribution in [0.15, 0.2) is 82.6 Å². The number of hydrogen-bond donors (Lipinski definition) is 2. The summed E-state index contributed by atoms with van der Waals surface area (Å²) in [5.74, 6) is -1.47. The minimum Gasteiger partial charge on any atom is -0.484 e. The number of nitro groups is 1. The number of non-ortho nitro benzene ring substituents is 1. The number of aromatic nitrogens is 1. The SMILES string of the molecule is Cc1ccccc1NC(=O)COc1ccc([C@H]2c3sc(=O)[nH]c3SC3C2[C@H]2C[C@@H]3C3C(=O)N(c4ccc([N+](=O)[O-])cc4)C(=O)C32)cc1. The van der Waals surface area contributed by atoms with Gasteiger partial charge in [0.2, 0.25) is 11.8 Å². The van der Waals surface area contributed by atoms with Gasteiger partial charge in [-0.25, -0.2) is 0 Å². The lowest BCUT2D eigenvalue weighted by atomic mass is 9.68. The van der Waals surface area contributed by atoms with Crippen LogP contribution in [-0.4, -0.2) is 39.5 Å². The Morgan fingerprint density at radius 2 is 1.70 bits per heavy atom. The van der Waals surface area contributed by atoms with Gasteiger partial charge >= 0.3 is 4.87 Å². The summed E-state index contributed by atoms with van der Waals surface area (Å²) in [4.78, 5) is 68.5. The van der Waals surface area contributed by atoms with E-state index >= 15 is 0 Å². The van der Waals surface area contributed by atoms with Crippen molar-refractivity contribution in [2.24, 2.45) is 29.6 Å². The van der Waals surface area contributed by atoms with Gasteiger partial charge in [-0.1, -0.05) is 41.7 Å². The van der Waals surface area contributed by atoms with Crippen LogP contribution in [0.2, 0.25) is 0 Å². The largest absolute Gasteiger partial charge is 0.484 e. The number of amides is 3. The number of rotatable bonds is 7. The summed E-state index contributed by atoms with van der Waals surface area (Å²) in [5.41, 5.74) is 2.89. The number of imide groups is 1. The number of aromatic amines is 1. The van der Waals surface area contributed by atoms with Crippen molar-refractivity contribution < 1.29 is 24.0 Å². The second-order valence-corrected chi connectivity index (χ2v) is 14.7. The van der Waals surface area contributed by atoms with Crippen LogP contribution in [0.3, 0.4) is 0 Å². The van der Waals surface area contributed by atoms with E-state index in [1.165, 1.54) is 40.5 Å². The van der Waals surface area contributed by atoms with Crippen molar-refractivity contribution in [3.05, 3.63) is 109 Å². The lowest BCUT2D eigenvalue weighted by molar-refractivity contribution is -0.384. The van der Waals surface area contributed by atoms with Crippen LogP contribution in [0.25, 0.3) is 0 Å². The van der Waals surface area contributed by atoms with Crippen LogP contribution in [0, 0.1) is 46.6 Å². The number of hydrogen-bond acceptors (Lipinski definition) is 9. The summed E-state index contributed by atoms with van der Waals surface area (Å²) in [7, 11) is 0. The molecule has 1 saturated heterocycles. The molecule has 13 heteroatoms. The smallest absolute Gasteiger partial charge is 0.305 e. The number of thioether (sulfide) groups is 1. The maximum absolute atomic E-state index is 13.9. The van der Waals surface area contributed by atoms with Gasteiger partial charge in [0.1, 0.15) is 5.75 Å². The fourth-order valence-electron chi connectivity index (χ4n) is 8.19. The number of fused-ring (bicyclic) bond motifs is 9. The van der Waals surface area contributed by atoms with Crippen molar-refractivity contribution in [2.75, 3.05) is 16.8 Å². The second-order valence-electron chi connectivity index (χ2n) is 12.5. The first-order valence-corrected chi connectivity index (χ1v) is 17.0. The lowest BCUT2D eigenvalue weighted by Crippen LogP contribution is -2.42. The van der Waals surface area contributed by atoms with Crippen molar-refractivity contribution in [3.63, 3.8) is 0 Å². The van der Waals surface area contributed by atoms with Crippen LogP contribution >= 0.6 is 23.1 Å². The lowest BCUT2D eigenvalue weighted by Gasteiger charge is -2.43. The number of carbonyl (C=O) groups is 3. The van der Waals surface area contributed by atoms with Crippen molar-refractivity contribution in [3.8, 4) is 5.75 Å². The van der Waals surface area contributed by atoms with Crippen molar-refractivity contribution >= 4 is 57.9 Å². The summed E-state index contributed by atoms with van der Waals surface area (Å²) in [5, 5.41) is 14.9. The van der Waals surface area contributed by atoms with E-state index in [1.807, 2.05) is 55.5 Å². The molecule has 1 aromatic heterocycles. The Labute approximate surface area is 276 Å². The maximum atomic E-state index is 13.9. The minimum absolute atomic E-state index is 0.0189. The van der Waals surface area contributed by atoms with Gasteiger partial charge in [-0.05, 0) is 72.6 Å². The van der Waals surface area contributed by atoms with Crippen LogP contribution in [-0.2, 0) is 14.4 Å². The number of ether oxygens (including phenoxy) is 1. The number of para-hydroxylation sites is 1. The molecule has 3 aromatic carbocycles. The molecule has 47 heavy (non-hydrogen) atoms. The van der Waals surface area contributed by atoms with Gasteiger partial charge in [0.25, 0.3) is 11.6 Å². The third-order valence-corrected chi connectivity index (χ3v) is 12.7. The fourth-order valence-corrected chi connectivity index (χ4v) is 11.1. The van der Waals surface area contributed by atoms with Gasteiger partial charge in [0.15, 0.2) is 6.61 Å². The van der Waals surface area contributed by atoms with E-state index in [0.717, 1.165) is 33.1 Å². The van der Waals surface area contributed by atoms with Gasteiger partial charge in [0.05, 0.1) is 27.5 Å². The molecule has 4 unspecified atom stereocenters. The first kappa shape index (κ1) is 29.6. The third-order valence-electron chi connectivity index (χ3n) is 10.1. The molecular weight excluding hydrogens is 641 g/mol. The van der Waals surface area contributed by atoms with E-state index in [1.54, 1.807) is 11.8 Å². The van der Waals surface area contributed by atoms with Crippen molar-refractivity contribution in [2.45, 2.75) is 29.5 Å². The quantitative estimate of drug-likeness (QED) is 0.152. The zero-order valence-corrected chi connectivity index (χ0v) is 26.6. The standard InChI is InChI=1S/C34H28N4O7S2/c1-16-4-2-3-5-23(16)35-24(39)15-45-20-12-6-17(7-13-20)25-26-21-14-22(29(26)46-31-30(25)47-34(42)36-31)28-27(21)32(40)37(33(28)41)18-8-10-19(11-9-18)38(43)44/h2-13,21-22,25-29H,14-15H2,1H3,(H,35,39)(H,36,42)/t21-,22-,25-,26?,27?,28?,29?/m1/s1. The third kappa shape index (κ3) is 4.78. The second kappa shape index (κ2) is 11.2. The molecule has 7 atom stereocenters. The van der Waals surface area contributed by atoms with E-state index in [2.05, 4.69) is 10.3 Å². The number of carbonyl (C=O) groups excluding carboxylic acids is 3. The number of anilines is 2. The highest BCUT2D eigenvalue weighted by Crippen LogP contribution is 2.68. The molecule has 238 valence electrons. The molecule has 8 rings (SSSR count). The highest BCUT2D eigenvalue weighted by molar-refractivity contribution is 8.00. The molecule has 2 bridgehead atoms. The number of aryl methyl sites for hydroxylation is 1. The number of nitro benzene ring substituents is 1. The van der Waals surface area contributed by atoms with E-state index in [0.29, 0.717) is 11.4 Å². The molecular formula is C34H28N4O7S2. The molecule has 2 aliphatic heterocycles. The molecule has 3 heterocycles. The Morgan fingerprint density at radius 1 is 1.00 bits per heavy atom. The number of nitrogens with zero attached hydrogens (tertiary/aromatic N) is 2. The molecule has 11 nitrogen and oxygen atoms in total. The monoisotopic (exact) mass is 668 g/mol. The number of nitrogens with one attached hydrogen (secondary N) is 2.